The van der Waals surface area contributed by atoms with E-state index in [-0.39, 0.29) is 0 Å². The lowest BCUT2D eigenvalue weighted by Gasteiger charge is -2.20. The number of rotatable bonds is 1. The fourth-order valence-electron chi connectivity index (χ4n) is 2.03. The summed E-state index contributed by atoms with van der Waals surface area (Å²) in [6, 6.07) is 8.68. The molecule has 1 nitrogen and oxygen atoms in total. The van der Waals surface area contributed by atoms with Crippen molar-refractivity contribution in [2.24, 2.45) is 0 Å². The monoisotopic (exact) mass is 215 g/mol. The minimum atomic E-state index is -1.22. The van der Waals surface area contributed by atoms with Gasteiger partial charge in [0, 0.05) is 11.6 Å². The van der Waals surface area contributed by atoms with Crippen LogP contribution in [0.4, 0.5) is 0 Å². The van der Waals surface area contributed by atoms with E-state index in [0.29, 0.717) is 0 Å². The van der Waals surface area contributed by atoms with Gasteiger partial charge in [-0.25, -0.2) is 0 Å². The molecule has 78 valence electrons. The number of aromatic nitrogens is 1. The number of hydrogen-bond donors (Lipinski definition) is 0. The maximum atomic E-state index is 4.38. The average Bonchev–Trinajstić information content (AvgIpc) is 2.15. The lowest BCUT2D eigenvalue weighted by atomic mass is 10.1. The second-order valence-electron chi connectivity index (χ2n) is 5.11. The van der Waals surface area contributed by atoms with E-state index in [9.17, 15) is 0 Å². The quantitative estimate of drug-likeness (QED) is 0.666. The minimum Gasteiger partial charge on any atom is -0.256 e. The molecule has 0 amide bonds. The number of benzene rings is 1. The summed E-state index contributed by atoms with van der Waals surface area (Å²) in [5.41, 5.74) is 2.50. The Labute approximate surface area is 92.2 Å². The molecular formula is C13H17NSi. The highest BCUT2D eigenvalue weighted by Gasteiger charge is 2.18. The molecule has 0 aliphatic carbocycles. The van der Waals surface area contributed by atoms with Crippen molar-refractivity contribution in [1.82, 2.24) is 4.98 Å². The van der Waals surface area contributed by atoms with Crippen LogP contribution < -0.4 is 5.19 Å². The maximum Gasteiger partial charge on any atom is 0.0779 e. The summed E-state index contributed by atoms with van der Waals surface area (Å²) in [7, 11) is -1.22. The first-order valence-electron chi connectivity index (χ1n) is 5.34. The Balaban J connectivity index is 2.73. The highest BCUT2D eigenvalue weighted by molar-refractivity contribution is 6.89. The highest BCUT2D eigenvalue weighted by atomic mass is 28.3. The van der Waals surface area contributed by atoms with E-state index >= 15 is 0 Å². The van der Waals surface area contributed by atoms with Crippen LogP contribution in [0, 0.1) is 6.92 Å². The Hall–Kier alpha value is -1.15. The standard InChI is InChI=1S/C13H17NSi/c1-10-8-12-11(6-5-7-14-12)9-13(10)15(2,3)4/h5-9H,1-4H3. The predicted molar refractivity (Wildman–Crippen MR) is 69.5 cm³/mol. The molecule has 0 radical (unpaired) electrons. The molecule has 0 N–H and O–H groups in total. The zero-order valence-corrected chi connectivity index (χ0v) is 10.8. The van der Waals surface area contributed by atoms with Crippen LogP contribution in [0.25, 0.3) is 10.9 Å². The topological polar surface area (TPSA) is 12.9 Å². The van der Waals surface area contributed by atoms with Crippen molar-refractivity contribution in [2.45, 2.75) is 26.6 Å². The van der Waals surface area contributed by atoms with Gasteiger partial charge in [0.1, 0.15) is 0 Å². The fourth-order valence-corrected chi connectivity index (χ4v) is 3.88. The van der Waals surface area contributed by atoms with Gasteiger partial charge in [0.15, 0.2) is 0 Å². The van der Waals surface area contributed by atoms with Crippen LogP contribution in [0.15, 0.2) is 30.5 Å². The summed E-state index contributed by atoms with van der Waals surface area (Å²) in [4.78, 5) is 4.38. The fraction of sp³-hybridized carbons (Fsp3) is 0.308. The molecule has 0 aliphatic heterocycles. The molecule has 0 spiro atoms. The summed E-state index contributed by atoms with van der Waals surface area (Å²) >= 11 is 0. The number of pyridine rings is 1. The second kappa shape index (κ2) is 3.45. The van der Waals surface area contributed by atoms with Gasteiger partial charge in [-0.05, 0) is 24.6 Å². The van der Waals surface area contributed by atoms with Gasteiger partial charge in [-0.15, -0.1) is 0 Å². The number of nitrogens with zero attached hydrogens (tertiary/aromatic N) is 1. The summed E-state index contributed by atoms with van der Waals surface area (Å²) < 4.78 is 0. The molecule has 1 aromatic heterocycles. The Morgan fingerprint density at radius 3 is 2.53 bits per heavy atom. The van der Waals surface area contributed by atoms with Crippen molar-refractivity contribution in [3.8, 4) is 0 Å². The molecule has 2 heteroatoms. The van der Waals surface area contributed by atoms with Gasteiger partial charge in [-0.2, -0.15) is 0 Å². The molecule has 0 bridgehead atoms. The molecule has 1 aromatic carbocycles. The van der Waals surface area contributed by atoms with Gasteiger partial charge in [-0.1, -0.05) is 37.0 Å². The van der Waals surface area contributed by atoms with E-state index < -0.39 is 8.07 Å². The van der Waals surface area contributed by atoms with Gasteiger partial charge in [-0.3, -0.25) is 4.98 Å². The predicted octanol–water partition coefficient (Wildman–Crippen LogP) is 3.09. The molecule has 0 saturated heterocycles. The molecule has 2 rings (SSSR count). The molecule has 0 fully saturated rings. The molecule has 15 heavy (non-hydrogen) atoms. The zero-order chi connectivity index (χ0) is 11.1. The molecule has 0 aliphatic rings. The van der Waals surface area contributed by atoms with Crippen LogP contribution in [0.1, 0.15) is 5.56 Å². The zero-order valence-electron chi connectivity index (χ0n) is 9.83. The van der Waals surface area contributed by atoms with E-state index in [0.717, 1.165) is 5.52 Å². The third-order valence-corrected chi connectivity index (χ3v) is 4.91. The molecule has 0 atom stereocenters. The molecule has 0 saturated carbocycles. The van der Waals surface area contributed by atoms with Crippen molar-refractivity contribution >= 4 is 24.2 Å². The highest BCUT2D eigenvalue weighted by Crippen LogP contribution is 2.15. The van der Waals surface area contributed by atoms with Gasteiger partial charge in [0.05, 0.1) is 13.6 Å². The van der Waals surface area contributed by atoms with Crippen LogP contribution >= 0.6 is 0 Å². The van der Waals surface area contributed by atoms with Crippen molar-refractivity contribution < 1.29 is 0 Å². The first-order chi connectivity index (χ1) is 6.98. The maximum absolute atomic E-state index is 4.38. The van der Waals surface area contributed by atoms with Crippen molar-refractivity contribution in [2.75, 3.05) is 0 Å². The van der Waals surface area contributed by atoms with Crippen LogP contribution in [0.3, 0.4) is 0 Å². The van der Waals surface area contributed by atoms with E-state index in [1.807, 2.05) is 12.3 Å². The molecular weight excluding hydrogens is 198 g/mol. The summed E-state index contributed by atoms with van der Waals surface area (Å²) in [5, 5.41) is 2.81. The minimum absolute atomic E-state index is 1.11. The van der Waals surface area contributed by atoms with Crippen LogP contribution in [-0.2, 0) is 0 Å². The SMILES string of the molecule is Cc1cc2ncccc2cc1[Si](C)(C)C. The van der Waals surface area contributed by atoms with Gasteiger partial charge >= 0.3 is 0 Å². The summed E-state index contributed by atoms with van der Waals surface area (Å²) in [6.45, 7) is 9.36. The van der Waals surface area contributed by atoms with Crippen LogP contribution in [0.2, 0.25) is 19.6 Å². The summed E-state index contributed by atoms with van der Waals surface area (Å²) in [6.07, 6.45) is 1.86. The van der Waals surface area contributed by atoms with E-state index in [4.69, 9.17) is 0 Å². The number of fused-ring (bicyclic) bond motifs is 1. The Kier molecular flexibility index (Phi) is 2.39. The van der Waals surface area contributed by atoms with Crippen molar-refractivity contribution in [1.29, 1.82) is 0 Å². The van der Waals surface area contributed by atoms with Gasteiger partial charge in [0.2, 0.25) is 0 Å². The lowest BCUT2D eigenvalue weighted by Crippen LogP contribution is -2.39. The van der Waals surface area contributed by atoms with E-state index in [2.05, 4.69) is 49.7 Å². The van der Waals surface area contributed by atoms with Crippen molar-refractivity contribution in [3.05, 3.63) is 36.0 Å². The first-order valence-corrected chi connectivity index (χ1v) is 8.84. The van der Waals surface area contributed by atoms with Gasteiger partial charge < -0.3 is 0 Å². The Morgan fingerprint density at radius 1 is 1.13 bits per heavy atom. The average molecular weight is 215 g/mol. The number of aryl methyl sites for hydroxylation is 1. The third-order valence-electron chi connectivity index (χ3n) is 2.76. The van der Waals surface area contributed by atoms with Gasteiger partial charge in [0.25, 0.3) is 0 Å². The van der Waals surface area contributed by atoms with E-state index in [1.165, 1.54) is 10.9 Å². The molecule has 1 heterocycles. The number of hydrogen-bond acceptors (Lipinski definition) is 1. The lowest BCUT2D eigenvalue weighted by molar-refractivity contribution is 1.39. The first kappa shape index (κ1) is 10.4. The smallest absolute Gasteiger partial charge is 0.0779 e. The largest absolute Gasteiger partial charge is 0.256 e. The third kappa shape index (κ3) is 1.95. The molecule has 0 unspecified atom stereocenters. The second-order valence-corrected chi connectivity index (χ2v) is 10.2. The van der Waals surface area contributed by atoms with Crippen LogP contribution in [0.5, 0.6) is 0 Å². The molecule has 2 aromatic rings. The van der Waals surface area contributed by atoms with E-state index in [1.54, 1.807) is 5.19 Å². The van der Waals surface area contributed by atoms with Crippen LogP contribution in [-0.4, -0.2) is 13.1 Å². The summed E-state index contributed by atoms with van der Waals surface area (Å²) in [5.74, 6) is 0. The Morgan fingerprint density at radius 2 is 1.87 bits per heavy atom. The van der Waals surface area contributed by atoms with Crippen molar-refractivity contribution in [3.63, 3.8) is 0 Å². The Bertz CT molecular complexity index is 497. The normalized spacial score (nSPS) is 12.0.